The number of carboxylic acid groups (broad SMARTS) is 1. The second-order valence-electron chi connectivity index (χ2n) is 3.96. The van der Waals surface area contributed by atoms with Crippen LogP contribution in [0.5, 0.6) is 5.88 Å². The fourth-order valence-electron chi connectivity index (χ4n) is 1.79. The van der Waals surface area contributed by atoms with Crippen LogP contribution < -0.4 is 4.74 Å². The van der Waals surface area contributed by atoms with Gasteiger partial charge >= 0.3 is 12.6 Å². The minimum atomic E-state index is -3.23. The number of carboxylic acids is 1. The van der Waals surface area contributed by atoms with E-state index in [1.54, 1.807) is 0 Å². The van der Waals surface area contributed by atoms with Crippen LogP contribution in [0, 0.1) is 5.82 Å². The lowest BCUT2D eigenvalue weighted by atomic mass is 10.1. The lowest BCUT2D eigenvalue weighted by Gasteiger charge is -2.05. The molecule has 0 radical (unpaired) electrons. The zero-order chi connectivity index (χ0) is 15.7. The first kappa shape index (κ1) is 15.2. The number of rotatable bonds is 4. The predicted octanol–water partition coefficient (Wildman–Crippen LogP) is 3.18. The summed E-state index contributed by atoms with van der Waals surface area (Å²) in [4.78, 5) is 11.3. The molecular weight excluding hydrogens is 313 g/mol. The number of aromatic nitrogens is 2. The molecule has 0 spiro atoms. The molecular formula is C12H8ClF3N2O3. The molecule has 0 aliphatic heterocycles. The summed E-state index contributed by atoms with van der Waals surface area (Å²) in [5, 5.41) is 13.0. The van der Waals surface area contributed by atoms with Crippen molar-refractivity contribution < 1.29 is 27.8 Å². The topological polar surface area (TPSA) is 64.4 Å². The van der Waals surface area contributed by atoms with E-state index in [9.17, 15) is 18.0 Å². The van der Waals surface area contributed by atoms with Crippen LogP contribution in [0.4, 0.5) is 13.2 Å². The number of alkyl halides is 2. The van der Waals surface area contributed by atoms with Gasteiger partial charge in [-0.05, 0) is 18.2 Å². The molecule has 9 heteroatoms. The third kappa shape index (κ3) is 2.94. The summed E-state index contributed by atoms with van der Waals surface area (Å²) < 4.78 is 43.5. The molecule has 1 aromatic carbocycles. The number of halogens is 4. The summed E-state index contributed by atoms with van der Waals surface area (Å²) >= 11 is 5.61. The quantitative estimate of drug-likeness (QED) is 0.939. The van der Waals surface area contributed by atoms with Crippen LogP contribution in [0.1, 0.15) is 10.4 Å². The van der Waals surface area contributed by atoms with Gasteiger partial charge < -0.3 is 9.84 Å². The van der Waals surface area contributed by atoms with Crippen LogP contribution in [0.2, 0.25) is 5.02 Å². The fraction of sp³-hybridized carbons (Fsp3) is 0.167. The zero-order valence-electron chi connectivity index (χ0n) is 10.5. The van der Waals surface area contributed by atoms with E-state index in [4.69, 9.17) is 16.7 Å². The number of aryl methyl sites for hydroxylation is 1. The van der Waals surface area contributed by atoms with Gasteiger partial charge in [0.25, 0.3) is 0 Å². The monoisotopic (exact) mass is 320 g/mol. The van der Waals surface area contributed by atoms with E-state index >= 15 is 0 Å². The van der Waals surface area contributed by atoms with Crippen LogP contribution in [0.25, 0.3) is 11.3 Å². The van der Waals surface area contributed by atoms with Crippen LogP contribution in [0.15, 0.2) is 18.2 Å². The van der Waals surface area contributed by atoms with Crippen molar-refractivity contribution in [3.63, 3.8) is 0 Å². The number of ether oxygens (including phenoxy) is 1. The number of hydrogen-bond acceptors (Lipinski definition) is 3. The number of aromatic carboxylic acids is 1. The highest BCUT2D eigenvalue weighted by Crippen LogP contribution is 2.33. The third-order valence-electron chi connectivity index (χ3n) is 2.60. The van der Waals surface area contributed by atoms with Crippen LogP contribution in [-0.2, 0) is 7.05 Å². The summed E-state index contributed by atoms with van der Waals surface area (Å²) in [5.41, 5.74) is -1.16. The molecule has 0 saturated carbocycles. The summed E-state index contributed by atoms with van der Waals surface area (Å²) in [6.45, 7) is -3.23. The molecule has 5 nitrogen and oxygen atoms in total. The van der Waals surface area contributed by atoms with E-state index in [-0.39, 0.29) is 16.3 Å². The zero-order valence-corrected chi connectivity index (χ0v) is 11.2. The SMILES string of the molecule is Cn1nc(-c2ccc(Cl)cc2F)c(C(=O)O)c1OC(F)F. The Morgan fingerprint density at radius 2 is 2.14 bits per heavy atom. The van der Waals surface area contributed by atoms with Crippen molar-refractivity contribution in [1.82, 2.24) is 9.78 Å². The summed E-state index contributed by atoms with van der Waals surface area (Å²) in [7, 11) is 1.21. The van der Waals surface area contributed by atoms with Gasteiger partial charge in [-0.1, -0.05) is 11.6 Å². The molecule has 2 aromatic rings. The Bertz CT molecular complexity index is 703. The molecule has 0 fully saturated rings. The highest BCUT2D eigenvalue weighted by atomic mass is 35.5. The maximum Gasteiger partial charge on any atom is 0.388 e. The van der Waals surface area contributed by atoms with Crippen molar-refractivity contribution in [1.29, 1.82) is 0 Å². The molecule has 0 bridgehead atoms. The van der Waals surface area contributed by atoms with Crippen molar-refractivity contribution in [3.8, 4) is 17.1 Å². The number of hydrogen-bond donors (Lipinski definition) is 1. The second-order valence-corrected chi connectivity index (χ2v) is 4.40. The number of carbonyl (C=O) groups is 1. The van der Waals surface area contributed by atoms with Gasteiger partial charge in [-0.2, -0.15) is 13.9 Å². The first-order chi connectivity index (χ1) is 9.81. The average molecular weight is 321 g/mol. The van der Waals surface area contributed by atoms with Gasteiger partial charge in [-0.25, -0.2) is 13.9 Å². The van der Waals surface area contributed by atoms with Crippen molar-refractivity contribution in [2.45, 2.75) is 6.61 Å². The number of benzene rings is 1. The highest BCUT2D eigenvalue weighted by molar-refractivity contribution is 6.30. The van der Waals surface area contributed by atoms with Gasteiger partial charge in [0.15, 0.2) is 0 Å². The van der Waals surface area contributed by atoms with Crippen LogP contribution in [0.3, 0.4) is 0 Å². The average Bonchev–Trinajstić information content (AvgIpc) is 2.66. The molecule has 21 heavy (non-hydrogen) atoms. The van der Waals surface area contributed by atoms with Crippen LogP contribution in [-0.4, -0.2) is 27.5 Å². The Morgan fingerprint density at radius 1 is 1.48 bits per heavy atom. The van der Waals surface area contributed by atoms with E-state index in [1.807, 2.05) is 0 Å². The van der Waals surface area contributed by atoms with Gasteiger partial charge in [0.1, 0.15) is 17.1 Å². The Balaban J connectivity index is 2.66. The molecule has 0 atom stereocenters. The smallest absolute Gasteiger partial charge is 0.388 e. The molecule has 0 saturated heterocycles. The third-order valence-corrected chi connectivity index (χ3v) is 2.83. The Morgan fingerprint density at radius 3 is 2.67 bits per heavy atom. The molecule has 2 rings (SSSR count). The summed E-state index contributed by atoms with van der Waals surface area (Å²) in [5.74, 6) is -3.06. The lowest BCUT2D eigenvalue weighted by Crippen LogP contribution is -2.09. The van der Waals surface area contributed by atoms with Gasteiger partial charge in [-0.15, -0.1) is 0 Å². The van der Waals surface area contributed by atoms with Crippen LogP contribution >= 0.6 is 11.6 Å². The summed E-state index contributed by atoms with van der Waals surface area (Å²) in [6.07, 6.45) is 0. The summed E-state index contributed by atoms with van der Waals surface area (Å²) in [6, 6.07) is 3.50. The van der Waals surface area contributed by atoms with Crippen molar-refractivity contribution in [2.24, 2.45) is 7.05 Å². The minimum Gasteiger partial charge on any atom is -0.477 e. The maximum absolute atomic E-state index is 13.9. The van der Waals surface area contributed by atoms with Gasteiger partial charge in [0, 0.05) is 17.6 Å². The maximum atomic E-state index is 13.9. The van der Waals surface area contributed by atoms with E-state index in [2.05, 4.69) is 9.84 Å². The van der Waals surface area contributed by atoms with E-state index in [0.29, 0.717) is 0 Å². The van der Waals surface area contributed by atoms with E-state index in [0.717, 1.165) is 10.7 Å². The largest absolute Gasteiger partial charge is 0.477 e. The molecule has 1 N–H and O–H groups in total. The number of nitrogens with zero attached hydrogens (tertiary/aromatic N) is 2. The first-order valence-corrected chi connectivity index (χ1v) is 5.89. The Labute approximate surface area is 121 Å². The molecule has 1 aromatic heterocycles. The minimum absolute atomic E-state index is 0.105. The van der Waals surface area contributed by atoms with Crippen molar-refractivity contribution >= 4 is 17.6 Å². The first-order valence-electron chi connectivity index (χ1n) is 5.51. The van der Waals surface area contributed by atoms with Gasteiger partial charge in [-0.3, -0.25) is 0 Å². The Hall–Kier alpha value is -2.22. The second kappa shape index (κ2) is 5.65. The Kier molecular flexibility index (Phi) is 4.08. The predicted molar refractivity (Wildman–Crippen MR) is 67.2 cm³/mol. The highest BCUT2D eigenvalue weighted by Gasteiger charge is 2.28. The van der Waals surface area contributed by atoms with Gasteiger partial charge in [0.2, 0.25) is 5.88 Å². The van der Waals surface area contributed by atoms with E-state index in [1.165, 1.54) is 19.2 Å². The molecule has 0 aliphatic rings. The molecule has 0 aliphatic carbocycles. The molecule has 1 heterocycles. The molecule has 0 unspecified atom stereocenters. The standard InChI is InChI=1S/C12H8ClF3N2O3/c1-18-10(21-12(15)16)8(11(19)20)9(17-18)6-3-2-5(13)4-7(6)14/h2-4,12H,1H3,(H,19,20). The molecule has 112 valence electrons. The molecule has 0 amide bonds. The lowest BCUT2D eigenvalue weighted by molar-refractivity contribution is -0.0557. The normalized spacial score (nSPS) is 11.0. The van der Waals surface area contributed by atoms with Crippen molar-refractivity contribution in [2.75, 3.05) is 0 Å². The fourth-order valence-corrected chi connectivity index (χ4v) is 1.95. The van der Waals surface area contributed by atoms with Gasteiger partial charge in [0.05, 0.1) is 0 Å². The van der Waals surface area contributed by atoms with Crippen molar-refractivity contribution in [3.05, 3.63) is 34.6 Å². The van der Waals surface area contributed by atoms with E-state index < -0.39 is 29.8 Å².